The Morgan fingerprint density at radius 1 is 1.25 bits per heavy atom. The molecule has 1 aliphatic heterocycles. The van der Waals surface area contributed by atoms with Gasteiger partial charge in [0.25, 0.3) is 0 Å². The second-order valence-corrected chi connectivity index (χ2v) is 7.55. The summed E-state index contributed by atoms with van der Waals surface area (Å²) >= 11 is 0. The van der Waals surface area contributed by atoms with Crippen LogP contribution in [0.2, 0.25) is 0 Å². The van der Waals surface area contributed by atoms with Gasteiger partial charge < -0.3 is 10.6 Å². The Bertz CT molecular complexity index is 642. The zero-order valence-electron chi connectivity index (χ0n) is 16.9. The Hall–Kier alpha value is -1.32. The molecule has 0 radical (unpaired) electrons. The molecule has 2 rings (SSSR count). The Balaban J connectivity index is 0.00000392. The average Bonchev–Trinajstić information content (AvgIpc) is 2.81. The predicted octanol–water partition coefficient (Wildman–Crippen LogP) is 2.07. The van der Waals surface area contributed by atoms with Crippen molar-refractivity contribution in [2.45, 2.75) is 52.9 Å². The van der Waals surface area contributed by atoms with E-state index in [2.05, 4.69) is 29.6 Å². The normalized spacial score (nSPS) is 16.7. The Morgan fingerprint density at radius 2 is 1.86 bits per heavy atom. The number of hydrogen-bond acceptors (Lipinski definition) is 4. The molecule has 1 saturated heterocycles. The van der Waals surface area contributed by atoms with Crippen molar-refractivity contribution >= 4 is 18.3 Å². The first-order valence-electron chi connectivity index (χ1n) is 9.40. The van der Waals surface area contributed by atoms with Gasteiger partial charge in [0.2, 0.25) is 5.91 Å². The van der Waals surface area contributed by atoms with Gasteiger partial charge >= 0.3 is 6.18 Å². The van der Waals surface area contributed by atoms with Crippen LogP contribution >= 0.6 is 12.4 Å². The first kappa shape index (κ1) is 24.7. The van der Waals surface area contributed by atoms with Gasteiger partial charge in [0.15, 0.2) is 0 Å². The Kier molecular flexibility index (Phi) is 9.23. The number of piperazine rings is 1. The van der Waals surface area contributed by atoms with E-state index in [0.717, 1.165) is 23.5 Å². The molecular formula is C18H31ClF3N5O. The van der Waals surface area contributed by atoms with Crippen molar-refractivity contribution in [3.05, 3.63) is 17.0 Å². The quantitative estimate of drug-likeness (QED) is 0.702. The minimum Gasteiger partial charge on any atom is -0.354 e. The summed E-state index contributed by atoms with van der Waals surface area (Å²) < 4.78 is 42.1. The van der Waals surface area contributed by atoms with Crippen LogP contribution in [0.3, 0.4) is 0 Å². The van der Waals surface area contributed by atoms with Crippen LogP contribution < -0.4 is 10.6 Å². The molecule has 2 N–H and O–H groups in total. The molecule has 0 aromatic carbocycles. The standard InChI is InChI=1S/C18H30F3N5O.ClH/c1-12(2)11-26-14(4)15(13(3)24-26)9-17(27)23-10-16(18(19,20)21)25-7-5-22-6-8-25;/h12,16,22H,5-11H2,1-4H3,(H,23,27);1H. The summed E-state index contributed by atoms with van der Waals surface area (Å²) in [6.07, 6.45) is -4.33. The monoisotopic (exact) mass is 425 g/mol. The fourth-order valence-electron chi connectivity index (χ4n) is 3.39. The summed E-state index contributed by atoms with van der Waals surface area (Å²) in [4.78, 5) is 13.7. The van der Waals surface area contributed by atoms with E-state index in [1.165, 1.54) is 4.90 Å². The SMILES string of the molecule is Cc1nn(CC(C)C)c(C)c1CC(=O)NCC(N1CCNCC1)C(F)(F)F.Cl. The van der Waals surface area contributed by atoms with Crippen molar-refractivity contribution in [2.24, 2.45) is 5.92 Å². The number of rotatable bonds is 7. The van der Waals surface area contributed by atoms with E-state index >= 15 is 0 Å². The third kappa shape index (κ3) is 6.63. The maximum absolute atomic E-state index is 13.4. The van der Waals surface area contributed by atoms with Crippen LogP contribution in [-0.4, -0.2) is 65.5 Å². The van der Waals surface area contributed by atoms with Crippen LogP contribution in [-0.2, 0) is 17.8 Å². The van der Waals surface area contributed by atoms with Gasteiger partial charge in [-0.25, -0.2) is 0 Å². The third-order valence-electron chi connectivity index (χ3n) is 4.87. The van der Waals surface area contributed by atoms with Crippen LogP contribution in [0.25, 0.3) is 0 Å². The molecule has 28 heavy (non-hydrogen) atoms. The number of carbonyl (C=O) groups is 1. The van der Waals surface area contributed by atoms with Gasteiger partial charge in [-0.1, -0.05) is 13.8 Å². The van der Waals surface area contributed by atoms with Crippen molar-refractivity contribution in [2.75, 3.05) is 32.7 Å². The largest absolute Gasteiger partial charge is 0.405 e. The molecule has 1 aromatic rings. The fraction of sp³-hybridized carbons (Fsp3) is 0.778. The van der Waals surface area contributed by atoms with Gasteiger partial charge in [0.05, 0.1) is 12.1 Å². The van der Waals surface area contributed by atoms with Crippen molar-refractivity contribution in [3.63, 3.8) is 0 Å². The van der Waals surface area contributed by atoms with Crippen molar-refractivity contribution in [1.82, 2.24) is 25.3 Å². The first-order chi connectivity index (χ1) is 12.6. The summed E-state index contributed by atoms with van der Waals surface area (Å²) in [5.41, 5.74) is 2.43. The number of amides is 1. The number of alkyl halides is 3. The first-order valence-corrected chi connectivity index (χ1v) is 9.40. The molecule has 0 spiro atoms. The van der Waals surface area contributed by atoms with Crippen LogP contribution in [0.5, 0.6) is 0 Å². The van der Waals surface area contributed by atoms with E-state index in [-0.39, 0.29) is 18.8 Å². The minimum atomic E-state index is -4.38. The van der Waals surface area contributed by atoms with Crippen molar-refractivity contribution in [3.8, 4) is 0 Å². The molecule has 10 heteroatoms. The molecular weight excluding hydrogens is 395 g/mol. The second kappa shape index (κ2) is 10.5. The summed E-state index contributed by atoms with van der Waals surface area (Å²) in [6.45, 7) is 9.87. The molecule has 1 aromatic heterocycles. The predicted molar refractivity (Wildman–Crippen MR) is 105 cm³/mol. The lowest BCUT2D eigenvalue weighted by Gasteiger charge is -2.35. The molecule has 1 unspecified atom stereocenters. The molecule has 1 atom stereocenters. The zero-order valence-corrected chi connectivity index (χ0v) is 17.7. The van der Waals surface area contributed by atoms with Crippen LogP contribution in [0.1, 0.15) is 30.8 Å². The van der Waals surface area contributed by atoms with E-state index in [1.54, 1.807) is 0 Å². The Labute approximate surface area is 170 Å². The number of nitrogens with zero attached hydrogens (tertiary/aromatic N) is 3. The summed E-state index contributed by atoms with van der Waals surface area (Å²) in [5.74, 6) is 0.00549. The van der Waals surface area contributed by atoms with E-state index in [0.29, 0.717) is 32.1 Å². The van der Waals surface area contributed by atoms with Gasteiger partial charge in [-0.15, -0.1) is 12.4 Å². The highest BCUT2D eigenvalue weighted by Crippen LogP contribution is 2.25. The van der Waals surface area contributed by atoms with Crippen molar-refractivity contribution < 1.29 is 18.0 Å². The lowest BCUT2D eigenvalue weighted by Crippen LogP contribution is -2.57. The number of nitrogens with one attached hydrogen (secondary N) is 2. The summed E-state index contributed by atoms with van der Waals surface area (Å²) in [6, 6.07) is -1.66. The van der Waals surface area contributed by atoms with Crippen molar-refractivity contribution in [1.29, 1.82) is 0 Å². The number of carbonyl (C=O) groups excluding carboxylic acids is 1. The molecule has 2 heterocycles. The number of hydrogen-bond donors (Lipinski definition) is 2. The number of aryl methyl sites for hydroxylation is 1. The highest BCUT2D eigenvalue weighted by Gasteiger charge is 2.43. The lowest BCUT2D eigenvalue weighted by molar-refractivity contribution is -0.184. The third-order valence-corrected chi connectivity index (χ3v) is 4.87. The maximum Gasteiger partial charge on any atom is 0.405 e. The molecule has 0 saturated carbocycles. The van der Waals surface area contributed by atoms with Crippen LogP contribution in [0, 0.1) is 19.8 Å². The zero-order chi connectivity index (χ0) is 20.2. The topological polar surface area (TPSA) is 62.2 Å². The van der Waals surface area contributed by atoms with Gasteiger partial charge in [-0.3, -0.25) is 14.4 Å². The van der Waals surface area contributed by atoms with Gasteiger partial charge in [0.1, 0.15) is 6.04 Å². The molecule has 1 amide bonds. The molecule has 0 bridgehead atoms. The summed E-state index contributed by atoms with van der Waals surface area (Å²) in [7, 11) is 0. The van der Waals surface area contributed by atoms with Crippen LogP contribution in [0.4, 0.5) is 13.2 Å². The summed E-state index contributed by atoms with van der Waals surface area (Å²) in [5, 5.41) is 9.98. The average molecular weight is 426 g/mol. The van der Waals surface area contributed by atoms with Gasteiger partial charge in [-0.2, -0.15) is 18.3 Å². The minimum absolute atomic E-state index is 0. The highest BCUT2D eigenvalue weighted by atomic mass is 35.5. The number of aromatic nitrogens is 2. The van der Waals surface area contributed by atoms with E-state index in [9.17, 15) is 18.0 Å². The van der Waals surface area contributed by atoms with Gasteiger partial charge in [0, 0.05) is 50.5 Å². The molecule has 0 aliphatic carbocycles. The maximum atomic E-state index is 13.4. The van der Waals surface area contributed by atoms with Crippen LogP contribution in [0.15, 0.2) is 0 Å². The smallest absolute Gasteiger partial charge is 0.354 e. The van der Waals surface area contributed by atoms with E-state index in [1.807, 2.05) is 18.5 Å². The molecule has 6 nitrogen and oxygen atoms in total. The van der Waals surface area contributed by atoms with Gasteiger partial charge in [-0.05, 0) is 19.8 Å². The highest BCUT2D eigenvalue weighted by molar-refractivity contribution is 5.85. The fourth-order valence-corrected chi connectivity index (χ4v) is 3.39. The number of halogens is 4. The van der Waals surface area contributed by atoms with E-state index in [4.69, 9.17) is 0 Å². The molecule has 1 aliphatic rings. The Morgan fingerprint density at radius 3 is 2.39 bits per heavy atom. The lowest BCUT2D eigenvalue weighted by atomic mass is 10.1. The van der Waals surface area contributed by atoms with E-state index < -0.39 is 24.7 Å². The molecule has 162 valence electrons. The molecule has 1 fully saturated rings. The second-order valence-electron chi connectivity index (χ2n) is 7.55.